The molecule has 2 aliphatic heterocycles. The second kappa shape index (κ2) is 7.61. The van der Waals surface area contributed by atoms with Gasteiger partial charge in [0, 0.05) is 29.6 Å². The molecule has 0 saturated carbocycles. The second-order valence-corrected chi connectivity index (χ2v) is 8.09. The normalized spacial score (nSPS) is 15.1. The van der Waals surface area contributed by atoms with Crippen molar-refractivity contribution < 1.29 is 22.8 Å². The molecule has 2 amide bonds. The van der Waals surface area contributed by atoms with Crippen molar-refractivity contribution >= 4 is 17.5 Å². The van der Waals surface area contributed by atoms with Crippen molar-refractivity contribution in [2.75, 3.05) is 4.90 Å². The van der Waals surface area contributed by atoms with Gasteiger partial charge in [0.05, 0.1) is 30.9 Å². The minimum Gasteiger partial charge on any atom is -0.329 e. The van der Waals surface area contributed by atoms with Gasteiger partial charge in [0.1, 0.15) is 0 Å². The van der Waals surface area contributed by atoms with Gasteiger partial charge in [-0.25, -0.2) is 0 Å². The fourth-order valence-electron chi connectivity index (χ4n) is 4.39. The maximum Gasteiger partial charge on any atom is 0.416 e. The van der Waals surface area contributed by atoms with Crippen LogP contribution in [0.4, 0.5) is 18.9 Å². The van der Waals surface area contributed by atoms with Crippen molar-refractivity contribution in [2.24, 2.45) is 0 Å². The summed E-state index contributed by atoms with van der Waals surface area (Å²) in [5, 5.41) is 4.43. The first-order chi connectivity index (χ1) is 15.7. The Kier molecular flexibility index (Phi) is 4.84. The monoisotopic (exact) mass is 452 g/mol. The van der Waals surface area contributed by atoms with E-state index in [4.69, 9.17) is 0 Å². The average molecular weight is 452 g/mol. The van der Waals surface area contributed by atoms with Crippen LogP contribution in [0.3, 0.4) is 0 Å². The second-order valence-electron chi connectivity index (χ2n) is 8.09. The number of hydrogen-bond acceptors (Lipinski definition) is 3. The van der Waals surface area contributed by atoms with Crippen molar-refractivity contribution in [2.45, 2.75) is 32.4 Å². The largest absolute Gasteiger partial charge is 0.416 e. The van der Waals surface area contributed by atoms with Crippen molar-refractivity contribution in [3.63, 3.8) is 0 Å². The fraction of sp³-hybridized carbons (Fsp3) is 0.208. The molecule has 168 valence electrons. The molecule has 0 radical (unpaired) electrons. The highest BCUT2D eigenvalue weighted by atomic mass is 19.4. The van der Waals surface area contributed by atoms with E-state index in [1.54, 1.807) is 46.1 Å². The third-order valence-electron chi connectivity index (χ3n) is 5.93. The molecule has 0 N–H and O–H groups in total. The Hall–Kier alpha value is -3.88. The zero-order valence-corrected chi connectivity index (χ0v) is 17.5. The third-order valence-corrected chi connectivity index (χ3v) is 5.93. The van der Waals surface area contributed by atoms with Crippen molar-refractivity contribution in [3.05, 3.63) is 94.8 Å². The molecule has 5 rings (SSSR count). The van der Waals surface area contributed by atoms with Gasteiger partial charge in [-0.05, 0) is 41.5 Å². The maximum atomic E-state index is 13.9. The molecule has 9 heteroatoms. The van der Waals surface area contributed by atoms with E-state index in [0.717, 1.165) is 11.6 Å². The van der Waals surface area contributed by atoms with Gasteiger partial charge in [0.15, 0.2) is 0 Å². The number of para-hydroxylation sites is 1. The molecule has 3 heterocycles. The first-order valence-corrected chi connectivity index (χ1v) is 10.3. The lowest BCUT2D eigenvalue weighted by molar-refractivity contribution is -0.138. The number of nitrogens with zero attached hydrogens (tertiary/aromatic N) is 4. The van der Waals surface area contributed by atoms with E-state index in [9.17, 15) is 22.8 Å². The van der Waals surface area contributed by atoms with Crippen LogP contribution >= 0.6 is 0 Å². The Morgan fingerprint density at radius 3 is 2.55 bits per heavy atom. The molecule has 3 aromatic rings. The summed E-state index contributed by atoms with van der Waals surface area (Å²) in [5.41, 5.74) is 1.68. The van der Waals surface area contributed by atoms with Crippen LogP contribution in [0.25, 0.3) is 0 Å². The van der Waals surface area contributed by atoms with Crippen LogP contribution in [0.1, 0.15) is 38.3 Å². The number of anilines is 1. The van der Waals surface area contributed by atoms with Crippen molar-refractivity contribution in [3.8, 4) is 0 Å². The van der Waals surface area contributed by atoms with E-state index in [0.29, 0.717) is 30.0 Å². The van der Waals surface area contributed by atoms with Crippen LogP contribution in [-0.4, -0.2) is 26.5 Å². The number of fused-ring (bicyclic) bond motifs is 2. The predicted octanol–water partition coefficient (Wildman–Crippen LogP) is 4.14. The Bertz CT molecular complexity index is 1260. The third kappa shape index (κ3) is 3.69. The van der Waals surface area contributed by atoms with Gasteiger partial charge >= 0.3 is 6.18 Å². The van der Waals surface area contributed by atoms with Crippen LogP contribution in [0.15, 0.2) is 61.3 Å². The number of halogens is 3. The molecule has 0 bridgehead atoms. The van der Waals surface area contributed by atoms with E-state index in [1.807, 2.05) is 0 Å². The minimum absolute atomic E-state index is 0.0124. The molecular weight excluding hydrogens is 433 g/mol. The number of hydrogen-bond donors (Lipinski definition) is 0. The molecule has 0 aliphatic carbocycles. The Morgan fingerprint density at radius 2 is 1.88 bits per heavy atom. The van der Waals surface area contributed by atoms with Crippen LogP contribution < -0.4 is 4.90 Å². The van der Waals surface area contributed by atoms with Crippen LogP contribution in [-0.2, 0) is 37.1 Å². The van der Waals surface area contributed by atoms with Gasteiger partial charge < -0.3 is 9.80 Å². The summed E-state index contributed by atoms with van der Waals surface area (Å²) in [5.74, 6) is -0.653. The number of amides is 2. The summed E-state index contributed by atoms with van der Waals surface area (Å²) in [4.78, 5) is 27.7. The number of rotatable bonds is 4. The summed E-state index contributed by atoms with van der Waals surface area (Å²) in [6.45, 7) is 4.13. The lowest BCUT2D eigenvalue weighted by Gasteiger charge is -2.16. The quantitative estimate of drug-likeness (QED) is 0.559. The Morgan fingerprint density at radius 1 is 1.12 bits per heavy atom. The lowest BCUT2D eigenvalue weighted by Crippen LogP contribution is -2.23. The molecular formula is C24H19F3N4O2. The molecule has 1 aromatic heterocycles. The zero-order chi connectivity index (χ0) is 23.3. The predicted molar refractivity (Wildman–Crippen MR) is 114 cm³/mol. The van der Waals surface area contributed by atoms with E-state index in [1.165, 1.54) is 17.0 Å². The fourth-order valence-corrected chi connectivity index (χ4v) is 4.39. The Balaban J connectivity index is 1.46. The zero-order valence-electron chi connectivity index (χ0n) is 17.5. The standard InChI is InChI=1S/C24H19F3N4O2/c1-2-22(32)29-11-16-12-30(28-21(16)14-29)10-15-8-18-19(20(9-15)24(25,26)27)13-31(23(18)33)17-6-4-3-5-7-17/h2-9,12H,1,10-11,13-14H2. The highest BCUT2D eigenvalue weighted by Gasteiger charge is 2.40. The average Bonchev–Trinajstić information content (AvgIpc) is 3.44. The topological polar surface area (TPSA) is 58.4 Å². The van der Waals surface area contributed by atoms with E-state index < -0.39 is 17.6 Å². The smallest absolute Gasteiger partial charge is 0.329 e. The van der Waals surface area contributed by atoms with E-state index in [-0.39, 0.29) is 30.1 Å². The van der Waals surface area contributed by atoms with Gasteiger partial charge in [-0.3, -0.25) is 14.3 Å². The van der Waals surface area contributed by atoms with Gasteiger partial charge in [-0.2, -0.15) is 18.3 Å². The van der Waals surface area contributed by atoms with E-state index in [2.05, 4.69) is 11.7 Å². The van der Waals surface area contributed by atoms with Crippen LogP contribution in [0, 0.1) is 0 Å². The number of aromatic nitrogens is 2. The number of benzene rings is 2. The molecule has 2 aromatic carbocycles. The molecule has 33 heavy (non-hydrogen) atoms. The molecule has 0 saturated heterocycles. The lowest BCUT2D eigenvalue weighted by atomic mass is 9.99. The Labute approximate surface area is 187 Å². The first kappa shape index (κ1) is 21.0. The highest BCUT2D eigenvalue weighted by molar-refractivity contribution is 6.10. The molecule has 0 fully saturated rings. The van der Waals surface area contributed by atoms with Gasteiger partial charge in [-0.1, -0.05) is 24.8 Å². The summed E-state index contributed by atoms with van der Waals surface area (Å²) in [6.07, 6.45) is -1.63. The minimum atomic E-state index is -4.59. The molecule has 0 atom stereocenters. The number of carbonyl (C=O) groups excluding carboxylic acids is 2. The van der Waals surface area contributed by atoms with Crippen LogP contribution in [0.5, 0.6) is 0 Å². The van der Waals surface area contributed by atoms with Crippen LogP contribution in [0.2, 0.25) is 0 Å². The number of alkyl halides is 3. The molecule has 0 unspecified atom stereocenters. The molecule has 6 nitrogen and oxygen atoms in total. The van der Waals surface area contributed by atoms with Crippen molar-refractivity contribution in [1.29, 1.82) is 0 Å². The van der Waals surface area contributed by atoms with Gasteiger partial charge in [-0.15, -0.1) is 0 Å². The molecule has 0 spiro atoms. The SMILES string of the molecule is C=CC(=O)N1Cc2cn(Cc3cc4c(c(C(F)(F)F)c3)CN(c3ccccc3)C4=O)nc2C1. The summed E-state index contributed by atoms with van der Waals surface area (Å²) < 4.78 is 43.3. The highest BCUT2D eigenvalue weighted by Crippen LogP contribution is 2.39. The summed E-state index contributed by atoms with van der Waals surface area (Å²) in [6, 6.07) is 11.3. The first-order valence-electron chi connectivity index (χ1n) is 10.3. The summed E-state index contributed by atoms with van der Waals surface area (Å²) in [7, 11) is 0. The molecule has 2 aliphatic rings. The van der Waals surface area contributed by atoms with E-state index >= 15 is 0 Å². The summed E-state index contributed by atoms with van der Waals surface area (Å²) >= 11 is 0. The van der Waals surface area contributed by atoms with Crippen molar-refractivity contribution in [1.82, 2.24) is 14.7 Å². The van der Waals surface area contributed by atoms with Gasteiger partial charge in [0.25, 0.3) is 5.91 Å². The maximum absolute atomic E-state index is 13.9. The number of carbonyl (C=O) groups is 2. The van der Waals surface area contributed by atoms with Gasteiger partial charge in [0.2, 0.25) is 5.91 Å².